The van der Waals surface area contributed by atoms with E-state index in [2.05, 4.69) is 32.7 Å². The number of benzene rings is 1. The molecular formula is C14H13N5O. The summed E-state index contributed by atoms with van der Waals surface area (Å²) in [4.78, 5) is 4.42. The summed E-state index contributed by atoms with van der Waals surface area (Å²) in [6.45, 7) is 0.988. The van der Waals surface area contributed by atoms with E-state index in [1.165, 1.54) is 11.3 Å². The lowest BCUT2D eigenvalue weighted by atomic mass is 10.1. The molecule has 0 fully saturated rings. The van der Waals surface area contributed by atoms with E-state index in [4.69, 9.17) is 4.52 Å². The third-order valence-corrected chi connectivity index (χ3v) is 3.43. The first-order valence-corrected chi connectivity index (χ1v) is 6.50. The molecular weight excluding hydrogens is 254 g/mol. The van der Waals surface area contributed by atoms with Gasteiger partial charge in [0.25, 0.3) is 5.89 Å². The van der Waals surface area contributed by atoms with Gasteiger partial charge >= 0.3 is 0 Å². The lowest BCUT2D eigenvalue weighted by molar-refractivity contribution is 0.432. The van der Waals surface area contributed by atoms with E-state index in [-0.39, 0.29) is 0 Å². The van der Waals surface area contributed by atoms with Crippen molar-refractivity contribution >= 4 is 5.69 Å². The fraction of sp³-hybridized carbons (Fsp3) is 0.214. The third kappa shape index (κ3) is 1.77. The fourth-order valence-electron chi connectivity index (χ4n) is 2.42. The number of hydrogen-bond donors (Lipinski definition) is 1. The quantitative estimate of drug-likeness (QED) is 0.770. The number of hydrogen-bond acceptors (Lipinski definition) is 5. The molecule has 1 aromatic carbocycles. The molecule has 0 saturated carbocycles. The van der Waals surface area contributed by atoms with Crippen molar-refractivity contribution in [1.29, 1.82) is 0 Å². The summed E-state index contributed by atoms with van der Waals surface area (Å²) in [5, 5.41) is 11.6. The summed E-state index contributed by atoms with van der Waals surface area (Å²) in [5.74, 6) is 1.04. The predicted octanol–water partition coefficient (Wildman–Crippen LogP) is 2.11. The molecule has 0 aliphatic carbocycles. The van der Waals surface area contributed by atoms with Crippen LogP contribution in [0.25, 0.3) is 23.0 Å². The largest absolute Gasteiger partial charge is 0.384 e. The maximum atomic E-state index is 5.34. The summed E-state index contributed by atoms with van der Waals surface area (Å²) in [7, 11) is 1.86. The molecule has 0 saturated heterocycles. The predicted molar refractivity (Wildman–Crippen MR) is 74.1 cm³/mol. The van der Waals surface area contributed by atoms with E-state index >= 15 is 0 Å². The lowest BCUT2D eigenvalue weighted by Gasteiger charge is -2.00. The Hall–Kier alpha value is -2.63. The highest BCUT2D eigenvalue weighted by atomic mass is 16.5. The molecule has 1 aliphatic heterocycles. The molecule has 0 atom stereocenters. The van der Waals surface area contributed by atoms with E-state index in [9.17, 15) is 0 Å². The highest BCUT2D eigenvalue weighted by Crippen LogP contribution is 2.28. The normalized spacial score (nSPS) is 13.2. The molecule has 6 heteroatoms. The summed E-state index contributed by atoms with van der Waals surface area (Å²) >= 11 is 0. The van der Waals surface area contributed by atoms with Gasteiger partial charge in [-0.3, -0.25) is 4.68 Å². The third-order valence-electron chi connectivity index (χ3n) is 3.43. The topological polar surface area (TPSA) is 68.8 Å². The van der Waals surface area contributed by atoms with Crippen LogP contribution in [0.5, 0.6) is 0 Å². The van der Waals surface area contributed by atoms with Gasteiger partial charge in [-0.15, -0.1) is 0 Å². The van der Waals surface area contributed by atoms with Crippen LogP contribution >= 0.6 is 0 Å². The van der Waals surface area contributed by atoms with E-state index in [0.29, 0.717) is 17.4 Å². The van der Waals surface area contributed by atoms with Crippen LogP contribution in [0.3, 0.4) is 0 Å². The van der Waals surface area contributed by atoms with Crippen LogP contribution in [0, 0.1) is 0 Å². The molecule has 2 aromatic heterocycles. The van der Waals surface area contributed by atoms with Gasteiger partial charge in [0, 0.05) is 31.0 Å². The average Bonchev–Trinajstić information content (AvgIpc) is 3.17. The van der Waals surface area contributed by atoms with Crippen molar-refractivity contribution < 1.29 is 4.52 Å². The van der Waals surface area contributed by atoms with Crippen molar-refractivity contribution in [2.75, 3.05) is 11.9 Å². The van der Waals surface area contributed by atoms with Crippen LogP contribution in [-0.2, 0) is 13.5 Å². The summed E-state index contributed by atoms with van der Waals surface area (Å²) < 4.78 is 7.06. The molecule has 0 amide bonds. The van der Waals surface area contributed by atoms with Crippen LogP contribution in [0.4, 0.5) is 5.69 Å². The zero-order chi connectivity index (χ0) is 13.5. The molecule has 0 bridgehead atoms. The Morgan fingerprint density at radius 1 is 1.30 bits per heavy atom. The van der Waals surface area contributed by atoms with Gasteiger partial charge in [-0.1, -0.05) is 5.16 Å². The van der Waals surface area contributed by atoms with Gasteiger partial charge in [-0.25, -0.2) is 0 Å². The van der Waals surface area contributed by atoms with Gasteiger partial charge in [0.1, 0.15) is 5.69 Å². The number of aromatic nitrogens is 4. The van der Waals surface area contributed by atoms with E-state index in [1.807, 2.05) is 25.4 Å². The summed E-state index contributed by atoms with van der Waals surface area (Å²) in [6, 6.07) is 8.02. The number of aryl methyl sites for hydroxylation is 1. The second-order valence-corrected chi connectivity index (χ2v) is 4.85. The maximum absolute atomic E-state index is 5.34. The van der Waals surface area contributed by atoms with Crippen molar-refractivity contribution in [1.82, 2.24) is 19.9 Å². The molecule has 1 N–H and O–H groups in total. The molecule has 20 heavy (non-hydrogen) atoms. The molecule has 6 nitrogen and oxygen atoms in total. The number of rotatable bonds is 2. The van der Waals surface area contributed by atoms with Gasteiger partial charge in [-0.2, -0.15) is 10.1 Å². The lowest BCUT2D eigenvalue weighted by Crippen LogP contribution is -1.90. The highest BCUT2D eigenvalue weighted by molar-refractivity contribution is 5.65. The van der Waals surface area contributed by atoms with Gasteiger partial charge in [0.2, 0.25) is 5.82 Å². The molecule has 1 aliphatic rings. The van der Waals surface area contributed by atoms with Crippen molar-refractivity contribution in [3.8, 4) is 23.0 Å². The molecule has 100 valence electrons. The number of anilines is 1. The SMILES string of the molecule is Cn1ccc(-c2noc(-c3ccc4c(c3)CCN4)n2)n1. The molecule has 0 unspecified atom stereocenters. The molecule has 0 spiro atoms. The van der Waals surface area contributed by atoms with Crippen molar-refractivity contribution in [2.24, 2.45) is 7.05 Å². The first kappa shape index (κ1) is 11.2. The maximum Gasteiger partial charge on any atom is 0.258 e. The zero-order valence-corrected chi connectivity index (χ0v) is 11.0. The number of fused-ring (bicyclic) bond motifs is 1. The van der Waals surface area contributed by atoms with Crippen LogP contribution in [0.2, 0.25) is 0 Å². The summed E-state index contributed by atoms with van der Waals surface area (Å²) in [6.07, 6.45) is 2.89. The minimum atomic E-state index is 0.513. The average molecular weight is 267 g/mol. The first-order chi connectivity index (χ1) is 9.79. The standard InChI is InChI=1S/C14H13N5O/c1-19-7-5-12(17-19)13-16-14(20-18-13)10-2-3-11-9(8-10)4-6-15-11/h2-3,5,7-8,15H,4,6H2,1H3. The molecule has 4 rings (SSSR count). The van der Waals surface area contributed by atoms with Crippen LogP contribution in [-0.4, -0.2) is 26.5 Å². The van der Waals surface area contributed by atoms with E-state index in [1.54, 1.807) is 4.68 Å². The molecule has 3 aromatic rings. The van der Waals surface area contributed by atoms with Gasteiger partial charge in [0.15, 0.2) is 0 Å². The van der Waals surface area contributed by atoms with Gasteiger partial charge in [0.05, 0.1) is 0 Å². The molecule has 0 radical (unpaired) electrons. The van der Waals surface area contributed by atoms with Crippen molar-refractivity contribution in [3.05, 3.63) is 36.0 Å². The van der Waals surface area contributed by atoms with E-state index < -0.39 is 0 Å². The monoisotopic (exact) mass is 267 g/mol. The number of nitrogens with zero attached hydrogens (tertiary/aromatic N) is 4. The van der Waals surface area contributed by atoms with Crippen molar-refractivity contribution in [2.45, 2.75) is 6.42 Å². The minimum absolute atomic E-state index is 0.513. The smallest absolute Gasteiger partial charge is 0.258 e. The Morgan fingerprint density at radius 3 is 3.10 bits per heavy atom. The Morgan fingerprint density at radius 2 is 2.25 bits per heavy atom. The zero-order valence-electron chi connectivity index (χ0n) is 11.0. The second kappa shape index (κ2) is 4.19. The first-order valence-electron chi connectivity index (χ1n) is 6.50. The minimum Gasteiger partial charge on any atom is -0.384 e. The Bertz CT molecular complexity index is 773. The van der Waals surface area contributed by atoms with Crippen LogP contribution in [0.1, 0.15) is 5.56 Å². The second-order valence-electron chi connectivity index (χ2n) is 4.85. The Balaban J connectivity index is 1.71. The van der Waals surface area contributed by atoms with Gasteiger partial charge in [-0.05, 0) is 36.2 Å². The number of nitrogens with one attached hydrogen (secondary N) is 1. The highest BCUT2D eigenvalue weighted by Gasteiger charge is 2.15. The summed E-state index contributed by atoms with van der Waals surface area (Å²) in [5.41, 5.74) is 4.14. The Kier molecular flexibility index (Phi) is 2.35. The molecule has 3 heterocycles. The van der Waals surface area contributed by atoms with Crippen LogP contribution in [0.15, 0.2) is 35.0 Å². The fourth-order valence-corrected chi connectivity index (χ4v) is 2.42. The van der Waals surface area contributed by atoms with Gasteiger partial charge < -0.3 is 9.84 Å². The van der Waals surface area contributed by atoms with E-state index in [0.717, 1.165) is 18.5 Å². The van der Waals surface area contributed by atoms with Crippen molar-refractivity contribution in [3.63, 3.8) is 0 Å². The Labute approximate surface area is 115 Å². The van der Waals surface area contributed by atoms with Crippen LogP contribution < -0.4 is 5.32 Å².